The quantitative estimate of drug-likeness (QED) is 0.607. The highest BCUT2D eigenvalue weighted by Gasteiger charge is 2.22. The zero-order chi connectivity index (χ0) is 16.1. The predicted molar refractivity (Wildman–Crippen MR) is 89.7 cm³/mol. The van der Waals surface area contributed by atoms with Gasteiger partial charge in [-0.3, -0.25) is 9.69 Å². The summed E-state index contributed by atoms with van der Waals surface area (Å²) in [5.74, 6) is 0.169. The molecule has 2 heterocycles. The summed E-state index contributed by atoms with van der Waals surface area (Å²) in [7, 11) is 0. The molecule has 0 amide bonds. The predicted octanol–water partition coefficient (Wildman–Crippen LogP) is 2.21. The minimum Gasteiger partial charge on any atom is -0.396 e. The minimum absolute atomic E-state index is 0.169. The maximum Gasteiger partial charge on any atom is 0.178 e. The lowest BCUT2D eigenvalue weighted by Crippen LogP contribution is -2.40. The third kappa shape index (κ3) is 3.99. The number of ether oxygens (including phenoxy) is 1. The van der Waals surface area contributed by atoms with Crippen LogP contribution in [0.4, 0.5) is 0 Å². The first-order valence-corrected chi connectivity index (χ1v) is 8.32. The smallest absolute Gasteiger partial charge is 0.178 e. The molecule has 0 radical (unpaired) electrons. The van der Waals surface area contributed by atoms with E-state index in [0.29, 0.717) is 19.6 Å². The second-order valence-electron chi connectivity index (χ2n) is 6.09. The number of aliphatic hydroxyl groups is 1. The number of Topliss-reactive ketones (excluding diaryl/α,β-unsaturated/α-hetero) is 1. The number of H-pyrrole nitrogens is 1. The van der Waals surface area contributed by atoms with Crippen molar-refractivity contribution in [1.82, 2.24) is 9.88 Å². The molecule has 0 bridgehead atoms. The number of aromatic amines is 1. The molecule has 23 heavy (non-hydrogen) atoms. The fraction of sp³-hybridized carbons (Fsp3) is 0.500. The highest BCUT2D eigenvalue weighted by molar-refractivity contribution is 6.08. The van der Waals surface area contributed by atoms with Gasteiger partial charge in [-0.2, -0.15) is 0 Å². The van der Waals surface area contributed by atoms with Crippen molar-refractivity contribution in [3.63, 3.8) is 0 Å². The van der Waals surface area contributed by atoms with Crippen LogP contribution in [-0.2, 0) is 4.74 Å². The van der Waals surface area contributed by atoms with Crippen molar-refractivity contribution in [2.75, 3.05) is 32.8 Å². The summed E-state index contributed by atoms with van der Waals surface area (Å²) < 4.78 is 5.73. The number of para-hydroxylation sites is 1. The molecule has 124 valence electrons. The number of carbonyl (C=O) groups excluding carboxylic acids is 1. The van der Waals surface area contributed by atoms with E-state index in [1.807, 2.05) is 30.5 Å². The SMILES string of the molecule is O=C(CN1CCC(OCCCO)CC1)c1c[nH]c2ccccc12. The zero-order valence-corrected chi connectivity index (χ0v) is 13.3. The van der Waals surface area contributed by atoms with E-state index < -0.39 is 0 Å². The average Bonchev–Trinajstić information content (AvgIpc) is 3.01. The molecule has 3 rings (SSSR count). The lowest BCUT2D eigenvalue weighted by Gasteiger charge is -2.31. The molecule has 0 unspecified atom stereocenters. The molecule has 0 aliphatic carbocycles. The Bertz CT molecular complexity index is 645. The summed E-state index contributed by atoms with van der Waals surface area (Å²) in [6, 6.07) is 7.90. The van der Waals surface area contributed by atoms with Crippen LogP contribution in [0.15, 0.2) is 30.5 Å². The molecular weight excluding hydrogens is 292 g/mol. The largest absolute Gasteiger partial charge is 0.396 e. The van der Waals surface area contributed by atoms with Crippen LogP contribution in [-0.4, -0.2) is 59.7 Å². The topological polar surface area (TPSA) is 65.6 Å². The number of ketones is 1. The van der Waals surface area contributed by atoms with Crippen LogP contribution in [0.25, 0.3) is 10.9 Å². The Morgan fingerprint density at radius 1 is 1.30 bits per heavy atom. The van der Waals surface area contributed by atoms with Crippen LogP contribution in [0.2, 0.25) is 0 Å². The van der Waals surface area contributed by atoms with E-state index in [2.05, 4.69) is 9.88 Å². The van der Waals surface area contributed by atoms with E-state index in [1.54, 1.807) is 0 Å². The van der Waals surface area contributed by atoms with Gasteiger partial charge < -0.3 is 14.8 Å². The molecule has 1 aromatic carbocycles. The van der Waals surface area contributed by atoms with Gasteiger partial charge in [0.2, 0.25) is 0 Å². The minimum atomic E-state index is 0.169. The Balaban J connectivity index is 1.51. The molecule has 1 fully saturated rings. The first-order valence-electron chi connectivity index (χ1n) is 8.32. The summed E-state index contributed by atoms with van der Waals surface area (Å²) >= 11 is 0. The molecule has 5 nitrogen and oxygen atoms in total. The first kappa shape index (κ1) is 16.2. The number of likely N-dealkylation sites (tertiary alicyclic amines) is 1. The number of aliphatic hydroxyl groups excluding tert-OH is 1. The molecule has 2 N–H and O–H groups in total. The third-order valence-corrected chi connectivity index (χ3v) is 4.45. The third-order valence-electron chi connectivity index (χ3n) is 4.45. The van der Waals surface area contributed by atoms with Crippen LogP contribution in [0.1, 0.15) is 29.6 Å². The van der Waals surface area contributed by atoms with Crippen LogP contribution in [0.3, 0.4) is 0 Å². The Labute approximate surface area is 136 Å². The molecular formula is C18H24N2O3. The van der Waals surface area contributed by atoms with E-state index in [0.717, 1.165) is 42.4 Å². The van der Waals surface area contributed by atoms with Gasteiger partial charge in [0, 0.05) is 49.0 Å². The van der Waals surface area contributed by atoms with Crippen molar-refractivity contribution in [1.29, 1.82) is 0 Å². The van der Waals surface area contributed by atoms with Crippen LogP contribution >= 0.6 is 0 Å². The fourth-order valence-electron chi connectivity index (χ4n) is 3.14. The number of hydrogen-bond donors (Lipinski definition) is 2. The van der Waals surface area contributed by atoms with Crippen molar-refractivity contribution in [2.45, 2.75) is 25.4 Å². The molecule has 0 spiro atoms. The summed E-state index contributed by atoms with van der Waals surface area (Å²) in [6.45, 7) is 3.04. The highest BCUT2D eigenvalue weighted by Crippen LogP contribution is 2.20. The number of nitrogens with one attached hydrogen (secondary N) is 1. The van der Waals surface area contributed by atoms with Crippen molar-refractivity contribution < 1.29 is 14.6 Å². The van der Waals surface area contributed by atoms with Crippen molar-refractivity contribution in [2.24, 2.45) is 0 Å². The molecule has 1 aliphatic heterocycles. The van der Waals surface area contributed by atoms with E-state index in [1.165, 1.54) is 0 Å². The molecule has 1 saturated heterocycles. The van der Waals surface area contributed by atoms with Crippen LogP contribution in [0.5, 0.6) is 0 Å². The number of carbonyl (C=O) groups is 1. The average molecular weight is 316 g/mol. The number of rotatable bonds is 7. The Morgan fingerprint density at radius 3 is 2.87 bits per heavy atom. The molecule has 2 aromatic rings. The molecule has 0 saturated carbocycles. The van der Waals surface area contributed by atoms with Gasteiger partial charge in [-0.15, -0.1) is 0 Å². The van der Waals surface area contributed by atoms with E-state index in [9.17, 15) is 4.79 Å². The number of benzene rings is 1. The number of aromatic nitrogens is 1. The first-order chi connectivity index (χ1) is 11.3. The van der Waals surface area contributed by atoms with Crippen molar-refractivity contribution in [3.05, 3.63) is 36.0 Å². The monoisotopic (exact) mass is 316 g/mol. The molecule has 5 heteroatoms. The number of piperidine rings is 1. The second-order valence-corrected chi connectivity index (χ2v) is 6.09. The van der Waals surface area contributed by atoms with Gasteiger partial charge in [0.15, 0.2) is 5.78 Å². The standard InChI is InChI=1S/C18H24N2O3/c21-10-3-11-23-14-6-8-20(9-7-14)13-18(22)16-12-19-17-5-2-1-4-15(16)17/h1-2,4-5,12,14,19,21H,3,6-11,13H2. The highest BCUT2D eigenvalue weighted by atomic mass is 16.5. The van der Waals surface area contributed by atoms with Crippen molar-refractivity contribution in [3.8, 4) is 0 Å². The van der Waals surface area contributed by atoms with E-state index in [-0.39, 0.29) is 18.5 Å². The maximum absolute atomic E-state index is 12.6. The molecule has 0 atom stereocenters. The molecule has 1 aliphatic rings. The number of fused-ring (bicyclic) bond motifs is 1. The Kier molecular flexibility index (Phi) is 5.43. The van der Waals surface area contributed by atoms with Gasteiger partial charge in [-0.25, -0.2) is 0 Å². The van der Waals surface area contributed by atoms with Gasteiger partial charge >= 0.3 is 0 Å². The van der Waals surface area contributed by atoms with Gasteiger partial charge in [-0.1, -0.05) is 18.2 Å². The summed E-state index contributed by atoms with van der Waals surface area (Å²) in [5, 5.41) is 9.77. The summed E-state index contributed by atoms with van der Waals surface area (Å²) in [5.41, 5.74) is 1.79. The normalized spacial score (nSPS) is 16.9. The van der Waals surface area contributed by atoms with Crippen LogP contribution in [0, 0.1) is 0 Å². The fourth-order valence-corrected chi connectivity index (χ4v) is 3.14. The second kappa shape index (κ2) is 7.73. The van der Waals surface area contributed by atoms with Gasteiger partial charge in [0.1, 0.15) is 0 Å². The van der Waals surface area contributed by atoms with E-state index >= 15 is 0 Å². The lowest BCUT2D eigenvalue weighted by molar-refractivity contribution is 0.00298. The Morgan fingerprint density at radius 2 is 2.09 bits per heavy atom. The van der Waals surface area contributed by atoms with Crippen molar-refractivity contribution >= 4 is 16.7 Å². The lowest BCUT2D eigenvalue weighted by atomic mass is 10.1. The van der Waals surface area contributed by atoms with Gasteiger partial charge in [0.25, 0.3) is 0 Å². The Hall–Kier alpha value is -1.69. The summed E-state index contributed by atoms with van der Waals surface area (Å²) in [4.78, 5) is 17.9. The maximum atomic E-state index is 12.6. The summed E-state index contributed by atoms with van der Waals surface area (Å²) in [6.07, 6.45) is 4.68. The van der Waals surface area contributed by atoms with Gasteiger partial charge in [-0.05, 0) is 25.3 Å². The number of hydrogen-bond acceptors (Lipinski definition) is 4. The van der Waals surface area contributed by atoms with Crippen LogP contribution < -0.4 is 0 Å². The number of nitrogens with zero attached hydrogens (tertiary/aromatic N) is 1. The zero-order valence-electron chi connectivity index (χ0n) is 13.3. The molecule has 1 aromatic heterocycles. The van der Waals surface area contributed by atoms with E-state index in [4.69, 9.17) is 9.84 Å². The van der Waals surface area contributed by atoms with Gasteiger partial charge in [0.05, 0.1) is 12.6 Å².